The van der Waals surface area contributed by atoms with Crippen molar-refractivity contribution in [2.75, 3.05) is 5.32 Å². The molecular formula is C18H16FN3O. The first-order valence-electron chi connectivity index (χ1n) is 7.27. The van der Waals surface area contributed by atoms with E-state index in [-0.39, 0.29) is 18.1 Å². The Morgan fingerprint density at radius 2 is 1.96 bits per heavy atom. The molecule has 0 atom stereocenters. The van der Waals surface area contributed by atoms with Crippen LogP contribution < -0.4 is 5.32 Å². The van der Waals surface area contributed by atoms with Crippen molar-refractivity contribution in [3.63, 3.8) is 0 Å². The Bertz CT molecular complexity index is 824. The van der Waals surface area contributed by atoms with Gasteiger partial charge in [-0.25, -0.2) is 4.39 Å². The summed E-state index contributed by atoms with van der Waals surface area (Å²) in [6.07, 6.45) is 0.137. The number of carbonyl (C=O) groups excluding carboxylic acids is 1. The van der Waals surface area contributed by atoms with Gasteiger partial charge in [0.05, 0.1) is 12.1 Å². The Kier molecular flexibility index (Phi) is 4.19. The summed E-state index contributed by atoms with van der Waals surface area (Å²) in [6, 6.07) is 15.4. The maximum Gasteiger partial charge on any atom is 0.228 e. The van der Waals surface area contributed by atoms with Gasteiger partial charge in [0.25, 0.3) is 0 Å². The van der Waals surface area contributed by atoms with Crippen molar-refractivity contribution in [1.29, 1.82) is 0 Å². The first-order chi connectivity index (χ1) is 11.1. The maximum absolute atomic E-state index is 13.1. The Morgan fingerprint density at radius 3 is 2.61 bits per heavy atom. The summed E-state index contributed by atoms with van der Waals surface area (Å²) < 4.78 is 13.1. The quantitative estimate of drug-likeness (QED) is 0.772. The number of hydrogen-bond donors (Lipinski definition) is 2. The van der Waals surface area contributed by atoms with Crippen LogP contribution in [0.25, 0.3) is 11.3 Å². The predicted molar refractivity (Wildman–Crippen MR) is 87.5 cm³/mol. The van der Waals surface area contributed by atoms with Gasteiger partial charge in [-0.15, -0.1) is 0 Å². The number of anilines is 1. The van der Waals surface area contributed by atoms with Gasteiger partial charge < -0.3 is 5.32 Å². The van der Waals surface area contributed by atoms with Gasteiger partial charge >= 0.3 is 0 Å². The highest BCUT2D eigenvalue weighted by Gasteiger charge is 2.06. The summed E-state index contributed by atoms with van der Waals surface area (Å²) in [4.78, 5) is 12.0. The molecule has 0 unspecified atom stereocenters. The lowest BCUT2D eigenvalue weighted by atomic mass is 10.1. The molecule has 5 heteroatoms. The number of carbonyl (C=O) groups is 1. The molecule has 0 saturated carbocycles. The van der Waals surface area contributed by atoms with Gasteiger partial charge in [-0.1, -0.05) is 24.3 Å². The van der Waals surface area contributed by atoms with E-state index in [9.17, 15) is 9.18 Å². The third kappa shape index (κ3) is 3.83. The molecule has 3 aromatic rings. The largest absolute Gasteiger partial charge is 0.326 e. The van der Waals surface area contributed by atoms with E-state index < -0.39 is 0 Å². The van der Waals surface area contributed by atoms with E-state index in [0.29, 0.717) is 11.3 Å². The van der Waals surface area contributed by atoms with E-state index in [1.165, 1.54) is 12.1 Å². The SMILES string of the molecule is Cc1cc(-c2ccc(NC(=O)Cc3cccc(F)c3)cc2)n[nH]1. The lowest BCUT2D eigenvalue weighted by Crippen LogP contribution is -2.14. The molecule has 0 fully saturated rings. The molecule has 2 N–H and O–H groups in total. The molecule has 0 aliphatic heterocycles. The second-order valence-electron chi connectivity index (χ2n) is 5.37. The topological polar surface area (TPSA) is 57.8 Å². The number of aromatic nitrogens is 2. The van der Waals surface area contributed by atoms with E-state index in [1.54, 1.807) is 12.1 Å². The molecule has 23 heavy (non-hydrogen) atoms. The molecule has 0 spiro atoms. The lowest BCUT2D eigenvalue weighted by molar-refractivity contribution is -0.115. The summed E-state index contributed by atoms with van der Waals surface area (Å²) in [5, 5.41) is 9.89. The third-order valence-electron chi connectivity index (χ3n) is 3.42. The molecular weight excluding hydrogens is 293 g/mol. The standard InChI is InChI=1S/C18H16FN3O/c1-12-9-17(22-21-12)14-5-7-16(8-6-14)20-18(23)11-13-3-2-4-15(19)10-13/h2-10H,11H2,1H3,(H,20,23)(H,21,22). The molecule has 0 aliphatic rings. The van der Waals surface area contributed by atoms with Gasteiger partial charge in [0.2, 0.25) is 5.91 Å². The second kappa shape index (κ2) is 6.44. The third-order valence-corrected chi connectivity index (χ3v) is 3.42. The normalized spacial score (nSPS) is 10.5. The van der Waals surface area contributed by atoms with Crippen LogP contribution in [0, 0.1) is 12.7 Å². The van der Waals surface area contributed by atoms with E-state index in [4.69, 9.17) is 0 Å². The van der Waals surface area contributed by atoms with Gasteiger partial charge in [-0.3, -0.25) is 9.89 Å². The van der Waals surface area contributed by atoms with E-state index in [0.717, 1.165) is 17.0 Å². The van der Waals surface area contributed by atoms with Gasteiger partial charge in [-0.2, -0.15) is 5.10 Å². The van der Waals surface area contributed by atoms with Crippen LogP contribution in [0.5, 0.6) is 0 Å². The van der Waals surface area contributed by atoms with Crippen molar-refractivity contribution in [1.82, 2.24) is 10.2 Å². The zero-order valence-electron chi connectivity index (χ0n) is 12.6. The molecule has 2 aromatic carbocycles. The molecule has 0 radical (unpaired) electrons. The van der Waals surface area contributed by atoms with Crippen LogP contribution in [0.4, 0.5) is 10.1 Å². The molecule has 1 amide bonds. The number of halogens is 1. The van der Waals surface area contributed by atoms with Crippen LogP contribution in [0.3, 0.4) is 0 Å². The van der Waals surface area contributed by atoms with Gasteiger partial charge in [-0.05, 0) is 42.8 Å². The molecule has 3 rings (SSSR count). The van der Waals surface area contributed by atoms with Crippen LogP contribution in [0.15, 0.2) is 54.6 Å². The molecule has 1 heterocycles. The summed E-state index contributed by atoms with van der Waals surface area (Å²) in [5.41, 5.74) is 4.17. The van der Waals surface area contributed by atoms with Crippen molar-refractivity contribution in [2.45, 2.75) is 13.3 Å². The molecule has 1 aromatic heterocycles. The second-order valence-corrected chi connectivity index (χ2v) is 5.37. The van der Waals surface area contributed by atoms with Crippen LogP contribution >= 0.6 is 0 Å². The zero-order chi connectivity index (χ0) is 16.2. The average Bonchev–Trinajstić information content (AvgIpc) is 2.94. The fourth-order valence-corrected chi connectivity index (χ4v) is 2.33. The Labute approximate surface area is 133 Å². The number of hydrogen-bond acceptors (Lipinski definition) is 2. The first kappa shape index (κ1) is 15.0. The molecule has 0 bridgehead atoms. The number of H-pyrrole nitrogens is 1. The number of nitrogens with one attached hydrogen (secondary N) is 2. The van der Waals surface area contributed by atoms with Crippen LogP contribution in [-0.2, 0) is 11.2 Å². The maximum atomic E-state index is 13.1. The average molecular weight is 309 g/mol. The van der Waals surface area contributed by atoms with E-state index in [2.05, 4.69) is 15.5 Å². The minimum atomic E-state index is -0.339. The summed E-state index contributed by atoms with van der Waals surface area (Å²) in [5.74, 6) is -0.520. The van der Waals surface area contributed by atoms with Crippen LogP contribution in [-0.4, -0.2) is 16.1 Å². The zero-order valence-corrected chi connectivity index (χ0v) is 12.6. The molecule has 0 saturated heterocycles. The molecule has 116 valence electrons. The van der Waals surface area contributed by atoms with Crippen LogP contribution in [0.1, 0.15) is 11.3 Å². The molecule has 0 aliphatic carbocycles. The van der Waals surface area contributed by atoms with Gasteiger partial charge in [0.15, 0.2) is 0 Å². The Hall–Kier alpha value is -2.95. The summed E-state index contributed by atoms with van der Waals surface area (Å²) >= 11 is 0. The monoisotopic (exact) mass is 309 g/mol. The number of amides is 1. The number of aryl methyl sites for hydroxylation is 1. The van der Waals surface area contributed by atoms with Crippen molar-refractivity contribution in [3.8, 4) is 11.3 Å². The van der Waals surface area contributed by atoms with Gasteiger partial charge in [0, 0.05) is 16.9 Å². The van der Waals surface area contributed by atoms with Crippen molar-refractivity contribution >= 4 is 11.6 Å². The summed E-state index contributed by atoms with van der Waals surface area (Å²) in [7, 11) is 0. The van der Waals surface area contributed by atoms with E-state index >= 15 is 0 Å². The lowest BCUT2D eigenvalue weighted by Gasteiger charge is -2.06. The highest BCUT2D eigenvalue weighted by molar-refractivity contribution is 5.92. The predicted octanol–water partition coefficient (Wildman–Crippen LogP) is 3.71. The van der Waals surface area contributed by atoms with Gasteiger partial charge in [0.1, 0.15) is 5.82 Å². The van der Waals surface area contributed by atoms with Crippen LogP contribution in [0.2, 0.25) is 0 Å². The fraction of sp³-hybridized carbons (Fsp3) is 0.111. The number of nitrogens with zero attached hydrogens (tertiary/aromatic N) is 1. The summed E-state index contributed by atoms with van der Waals surface area (Å²) in [6.45, 7) is 1.94. The Morgan fingerprint density at radius 1 is 1.17 bits per heavy atom. The Balaban J connectivity index is 1.65. The highest BCUT2D eigenvalue weighted by Crippen LogP contribution is 2.20. The smallest absolute Gasteiger partial charge is 0.228 e. The highest BCUT2D eigenvalue weighted by atomic mass is 19.1. The van der Waals surface area contributed by atoms with Crippen molar-refractivity contribution in [3.05, 3.63) is 71.7 Å². The number of benzene rings is 2. The minimum Gasteiger partial charge on any atom is -0.326 e. The van der Waals surface area contributed by atoms with Crippen molar-refractivity contribution < 1.29 is 9.18 Å². The number of aromatic amines is 1. The number of rotatable bonds is 4. The van der Waals surface area contributed by atoms with Crippen molar-refractivity contribution in [2.24, 2.45) is 0 Å². The van der Waals surface area contributed by atoms with E-state index in [1.807, 2.05) is 37.3 Å². The fourth-order valence-electron chi connectivity index (χ4n) is 2.33. The molecule has 4 nitrogen and oxygen atoms in total. The first-order valence-corrected chi connectivity index (χ1v) is 7.27. The minimum absolute atomic E-state index is 0.137.